The molecule has 0 spiro atoms. The number of amides is 1. The molecule has 1 aliphatic carbocycles. The molecule has 1 aromatic carbocycles. The maximum atomic E-state index is 12.4. The minimum Gasteiger partial charge on any atom is -0.355 e. The summed E-state index contributed by atoms with van der Waals surface area (Å²) in [7, 11) is 0. The van der Waals surface area contributed by atoms with Gasteiger partial charge >= 0.3 is 0 Å². The Labute approximate surface area is 164 Å². The zero-order valence-corrected chi connectivity index (χ0v) is 16.3. The first-order valence-electron chi connectivity index (χ1n) is 8.61. The third kappa shape index (κ3) is 4.96. The van der Waals surface area contributed by atoms with E-state index in [1.165, 1.54) is 0 Å². The fraction of sp³-hybridized carbons (Fsp3) is 0.500. The van der Waals surface area contributed by atoms with E-state index in [2.05, 4.69) is 15.5 Å². The lowest BCUT2D eigenvalue weighted by Gasteiger charge is -2.37. The van der Waals surface area contributed by atoms with E-state index >= 15 is 0 Å². The van der Waals surface area contributed by atoms with Gasteiger partial charge in [0.15, 0.2) is 0 Å². The predicted octanol–water partition coefficient (Wildman–Crippen LogP) is 3.38. The first-order valence-corrected chi connectivity index (χ1v) is 8.98. The van der Waals surface area contributed by atoms with Crippen molar-refractivity contribution in [3.8, 4) is 11.4 Å². The third-order valence-electron chi connectivity index (χ3n) is 4.78. The van der Waals surface area contributed by atoms with Gasteiger partial charge in [0.1, 0.15) is 0 Å². The summed E-state index contributed by atoms with van der Waals surface area (Å²) in [5, 5.41) is 7.57. The second kappa shape index (κ2) is 8.84. The van der Waals surface area contributed by atoms with Gasteiger partial charge in [0, 0.05) is 29.1 Å². The molecule has 2 aromatic rings. The molecule has 0 aliphatic heterocycles. The Kier molecular flexibility index (Phi) is 7.03. The fourth-order valence-electron chi connectivity index (χ4n) is 3.28. The topological polar surface area (TPSA) is 94.0 Å². The molecule has 0 radical (unpaired) electrons. The van der Waals surface area contributed by atoms with Crippen molar-refractivity contribution in [2.45, 2.75) is 44.6 Å². The van der Waals surface area contributed by atoms with Crippen molar-refractivity contribution in [3.05, 3.63) is 35.2 Å². The molecule has 3 rings (SSSR count). The standard InChI is InChI=1S/C18H23ClN4O2.ClH/c1-18(20)10-3-2-4-14(18)17(24)21-11-9-15-22-16(23-25-15)12-5-7-13(19)8-6-12;/h5-8,14H,2-4,9-11,20H2,1H3,(H,21,24);1H. The summed E-state index contributed by atoms with van der Waals surface area (Å²) in [6.07, 6.45) is 4.37. The second-order valence-corrected chi connectivity index (χ2v) is 7.30. The van der Waals surface area contributed by atoms with Gasteiger partial charge in [-0.1, -0.05) is 29.6 Å². The van der Waals surface area contributed by atoms with Crippen LogP contribution in [0.3, 0.4) is 0 Å². The maximum absolute atomic E-state index is 12.4. The molecule has 26 heavy (non-hydrogen) atoms. The molecule has 1 heterocycles. The predicted molar refractivity (Wildman–Crippen MR) is 103 cm³/mol. The van der Waals surface area contributed by atoms with Crippen LogP contribution in [0, 0.1) is 5.92 Å². The highest BCUT2D eigenvalue weighted by molar-refractivity contribution is 6.30. The van der Waals surface area contributed by atoms with Crippen LogP contribution in [-0.4, -0.2) is 28.1 Å². The van der Waals surface area contributed by atoms with Crippen LogP contribution in [0.1, 0.15) is 38.5 Å². The van der Waals surface area contributed by atoms with E-state index in [1.807, 2.05) is 19.1 Å². The number of aromatic nitrogens is 2. The Balaban J connectivity index is 0.00000243. The zero-order chi connectivity index (χ0) is 17.9. The van der Waals surface area contributed by atoms with Crippen LogP contribution in [0.2, 0.25) is 5.02 Å². The summed E-state index contributed by atoms with van der Waals surface area (Å²) in [6, 6.07) is 7.23. The molecule has 1 saturated carbocycles. The molecular formula is C18H24Cl2N4O2. The Morgan fingerprint density at radius 2 is 2.12 bits per heavy atom. The van der Waals surface area contributed by atoms with E-state index < -0.39 is 5.54 Å². The molecule has 3 N–H and O–H groups in total. The number of carbonyl (C=O) groups excluding carboxylic acids is 1. The van der Waals surface area contributed by atoms with Gasteiger partial charge in [0.05, 0.1) is 5.92 Å². The van der Waals surface area contributed by atoms with E-state index in [0.29, 0.717) is 29.7 Å². The molecule has 1 aromatic heterocycles. The molecule has 142 valence electrons. The van der Waals surface area contributed by atoms with Crippen molar-refractivity contribution in [2.75, 3.05) is 6.54 Å². The van der Waals surface area contributed by atoms with Gasteiger partial charge in [0.2, 0.25) is 17.6 Å². The number of benzene rings is 1. The van der Waals surface area contributed by atoms with Crippen LogP contribution >= 0.6 is 24.0 Å². The maximum Gasteiger partial charge on any atom is 0.228 e. The number of hydrogen-bond acceptors (Lipinski definition) is 5. The van der Waals surface area contributed by atoms with Crippen LogP contribution in [0.5, 0.6) is 0 Å². The first-order chi connectivity index (χ1) is 12.0. The van der Waals surface area contributed by atoms with Gasteiger partial charge in [-0.25, -0.2) is 0 Å². The van der Waals surface area contributed by atoms with Crippen molar-refractivity contribution in [3.63, 3.8) is 0 Å². The smallest absolute Gasteiger partial charge is 0.228 e. The number of nitrogens with zero attached hydrogens (tertiary/aromatic N) is 2. The second-order valence-electron chi connectivity index (χ2n) is 6.86. The Morgan fingerprint density at radius 3 is 2.81 bits per heavy atom. The summed E-state index contributed by atoms with van der Waals surface area (Å²) in [4.78, 5) is 16.7. The van der Waals surface area contributed by atoms with E-state index in [9.17, 15) is 4.79 Å². The van der Waals surface area contributed by atoms with E-state index in [4.69, 9.17) is 21.9 Å². The molecule has 6 nitrogen and oxygen atoms in total. The molecule has 0 saturated heterocycles. The summed E-state index contributed by atoms with van der Waals surface area (Å²) in [5.74, 6) is 0.889. The van der Waals surface area contributed by atoms with Gasteiger partial charge in [-0.05, 0) is 44.0 Å². The molecule has 0 bridgehead atoms. The van der Waals surface area contributed by atoms with Crippen LogP contribution in [0.4, 0.5) is 0 Å². The highest BCUT2D eigenvalue weighted by Gasteiger charge is 2.37. The molecule has 8 heteroatoms. The fourth-order valence-corrected chi connectivity index (χ4v) is 3.40. The monoisotopic (exact) mass is 398 g/mol. The molecule has 1 fully saturated rings. The van der Waals surface area contributed by atoms with E-state index in [0.717, 1.165) is 31.2 Å². The van der Waals surface area contributed by atoms with Crippen molar-refractivity contribution < 1.29 is 9.32 Å². The van der Waals surface area contributed by atoms with E-state index in [-0.39, 0.29) is 24.2 Å². The number of carbonyl (C=O) groups is 1. The van der Waals surface area contributed by atoms with Crippen molar-refractivity contribution in [1.29, 1.82) is 0 Å². The average Bonchev–Trinajstić information content (AvgIpc) is 3.04. The SMILES string of the molecule is CC1(N)CCCCC1C(=O)NCCc1nc(-c2ccc(Cl)cc2)no1.Cl. The first kappa shape index (κ1) is 20.7. The highest BCUT2D eigenvalue weighted by Crippen LogP contribution is 2.31. The van der Waals surface area contributed by atoms with Gasteiger partial charge in [-0.3, -0.25) is 4.79 Å². The Hall–Kier alpha value is -1.63. The van der Waals surface area contributed by atoms with Crippen molar-refractivity contribution >= 4 is 29.9 Å². The Bertz CT molecular complexity index is 731. The van der Waals surface area contributed by atoms with Crippen LogP contribution in [0.25, 0.3) is 11.4 Å². The minimum absolute atomic E-state index is 0. The van der Waals surface area contributed by atoms with Gasteiger partial charge < -0.3 is 15.6 Å². The Morgan fingerprint density at radius 1 is 1.38 bits per heavy atom. The minimum atomic E-state index is -0.422. The molecule has 2 unspecified atom stereocenters. The lowest BCUT2D eigenvalue weighted by Crippen LogP contribution is -2.53. The average molecular weight is 399 g/mol. The lowest BCUT2D eigenvalue weighted by atomic mass is 9.74. The van der Waals surface area contributed by atoms with Crippen molar-refractivity contribution in [1.82, 2.24) is 15.5 Å². The van der Waals surface area contributed by atoms with E-state index in [1.54, 1.807) is 12.1 Å². The number of hydrogen-bond donors (Lipinski definition) is 2. The number of nitrogens with two attached hydrogens (primary N) is 1. The summed E-state index contributed by atoms with van der Waals surface area (Å²) < 4.78 is 5.25. The summed E-state index contributed by atoms with van der Waals surface area (Å²) in [5.41, 5.74) is 6.69. The van der Waals surface area contributed by atoms with Gasteiger partial charge in [-0.15, -0.1) is 12.4 Å². The molecule has 2 atom stereocenters. The largest absolute Gasteiger partial charge is 0.355 e. The molecule has 1 aliphatic rings. The lowest BCUT2D eigenvalue weighted by molar-refractivity contribution is -0.128. The molecular weight excluding hydrogens is 375 g/mol. The number of nitrogens with one attached hydrogen (secondary N) is 1. The number of halogens is 2. The summed E-state index contributed by atoms with van der Waals surface area (Å²) >= 11 is 5.87. The highest BCUT2D eigenvalue weighted by atomic mass is 35.5. The zero-order valence-electron chi connectivity index (χ0n) is 14.7. The third-order valence-corrected chi connectivity index (χ3v) is 5.03. The van der Waals surface area contributed by atoms with Gasteiger partial charge in [-0.2, -0.15) is 4.98 Å². The van der Waals surface area contributed by atoms with Crippen LogP contribution in [0.15, 0.2) is 28.8 Å². The normalized spacial score (nSPS) is 22.5. The summed E-state index contributed by atoms with van der Waals surface area (Å²) in [6.45, 7) is 2.42. The quantitative estimate of drug-likeness (QED) is 0.804. The van der Waals surface area contributed by atoms with Crippen LogP contribution in [-0.2, 0) is 11.2 Å². The van der Waals surface area contributed by atoms with Gasteiger partial charge in [0.25, 0.3) is 0 Å². The molecule has 1 amide bonds. The van der Waals surface area contributed by atoms with Crippen LogP contribution < -0.4 is 11.1 Å². The number of rotatable bonds is 5. The van der Waals surface area contributed by atoms with Crippen molar-refractivity contribution in [2.24, 2.45) is 11.7 Å².